The molecule has 1 heterocycles. The fraction of sp³-hybridized carbons (Fsp3) is 0.0189. The van der Waals surface area contributed by atoms with E-state index in [0.29, 0.717) is 0 Å². The molecule has 1 aliphatic carbocycles. The van der Waals surface area contributed by atoms with E-state index in [1.807, 2.05) is 11.8 Å². The molecule has 1 spiro atoms. The summed E-state index contributed by atoms with van der Waals surface area (Å²) in [6, 6.07) is 78.3. The first-order valence-electron chi connectivity index (χ1n) is 18.9. The van der Waals surface area contributed by atoms with Crippen LogP contribution < -0.4 is 4.90 Å². The van der Waals surface area contributed by atoms with Gasteiger partial charge in [-0.15, -0.1) is 0 Å². The lowest BCUT2D eigenvalue weighted by molar-refractivity contribution is 0.723. The summed E-state index contributed by atoms with van der Waals surface area (Å²) in [5.74, 6) is 0. The van der Waals surface area contributed by atoms with Gasteiger partial charge in [-0.1, -0.05) is 163 Å². The van der Waals surface area contributed by atoms with Crippen LogP contribution in [-0.4, -0.2) is 0 Å². The van der Waals surface area contributed by atoms with Crippen molar-refractivity contribution in [3.63, 3.8) is 0 Å². The normalized spacial score (nSPS) is 13.2. The monoisotopic (exact) mass is 717 g/mol. The summed E-state index contributed by atoms with van der Waals surface area (Å²) in [6.07, 6.45) is 0. The second-order valence-corrected chi connectivity index (χ2v) is 15.6. The van der Waals surface area contributed by atoms with Gasteiger partial charge in [-0.05, 0) is 127 Å². The van der Waals surface area contributed by atoms with Crippen molar-refractivity contribution in [1.82, 2.24) is 0 Å². The molecule has 0 unspecified atom stereocenters. The Morgan fingerprint density at radius 3 is 1.31 bits per heavy atom. The Labute approximate surface area is 326 Å². The summed E-state index contributed by atoms with van der Waals surface area (Å²) in [7, 11) is 0. The van der Waals surface area contributed by atoms with Crippen molar-refractivity contribution >= 4 is 39.6 Å². The van der Waals surface area contributed by atoms with Crippen LogP contribution in [0.5, 0.6) is 0 Å². The maximum Gasteiger partial charge on any atom is 0.0736 e. The molecule has 0 amide bonds. The number of hydrogen-bond donors (Lipinski definition) is 0. The van der Waals surface area contributed by atoms with Crippen molar-refractivity contribution in [3.8, 4) is 33.4 Å². The van der Waals surface area contributed by atoms with Gasteiger partial charge in [0, 0.05) is 26.9 Å². The van der Waals surface area contributed by atoms with Gasteiger partial charge in [0.1, 0.15) is 0 Å². The highest BCUT2D eigenvalue weighted by Gasteiger charge is 2.50. The molecule has 0 radical (unpaired) electrons. The van der Waals surface area contributed by atoms with Crippen LogP contribution in [0.25, 0.3) is 44.2 Å². The molecule has 0 bridgehead atoms. The minimum Gasteiger partial charge on any atom is -0.310 e. The van der Waals surface area contributed by atoms with Gasteiger partial charge in [-0.25, -0.2) is 0 Å². The molecule has 1 nitrogen and oxygen atoms in total. The molecule has 9 aromatic carbocycles. The van der Waals surface area contributed by atoms with E-state index in [9.17, 15) is 0 Å². The molecule has 0 saturated heterocycles. The summed E-state index contributed by atoms with van der Waals surface area (Å²) in [6.45, 7) is 0. The van der Waals surface area contributed by atoms with E-state index in [4.69, 9.17) is 0 Å². The van der Waals surface area contributed by atoms with E-state index in [0.717, 1.165) is 17.1 Å². The van der Waals surface area contributed by atoms with Gasteiger partial charge < -0.3 is 4.90 Å². The largest absolute Gasteiger partial charge is 0.310 e. The first kappa shape index (κ1) is 31.9. The lowest BCUT2D eigenvalue weighted by Gasteiger charge is -2.40. The predicted octanol–water partition coefficient (Wildman–Crippen LogP) is 14.5. The van der Waals surface area contributed by atoms with Crippen molar-refractivity contribution in [2.45, 2.75) is 15.2 Å². The van der Waals surface area contributed by atoms with Crippen molar-refractivity contribution in [1.29, 1.82) is 0 Å². The van der Waals surface area contributed by atoms with Gasteiger partial charge in [-0.2, -0.15) is 0 Å². The molecule has 2 aliphatic rings. The highest BCUT2D eigenvalue weighted by atomic mass is 32.2. The predicted molar refractivity (Wildman–Crippen MR) is 231 cm³/mol. The van der Waals surface area contributed by atoms with E-state index >= 15 is 0 Å². The molecule has 0 N–H and O–H groups in total. The van der Waals surface area contributed by atoms with Crippen molar-refractivity contribution in [2.75, 3.05) is 4.90 Å². The smallest absolute Gasteiger partial charge is 0.0736 e. The standard InChI is InChI=1S/C53H35NS/c1-3-13-36(14-4-1)38-23-27-42(28-24-38)54(43-29-25-39(26-30-43)37-15-5-2-6-16-37)44-31-32-45-46-33-40-17-7-8-18-41(40)34-49(46)53(50(45)35-44)47-19-9-11-21-51(47)55-52-22-12-10-20-48(52)53/h1-35H. The fourth-order valence-electron chi connectivity index (χ4n) is 9.02. The van der Waals surface area contributed by atoms with Crippen LogP contribution in [0.1, 0.15) is 22.3 Å². The van der Waals surface area contributed by atoms with Gasteiger partial charge in [0.2, 0.25) is 0 Å². The molecular formula is C53H35NS. The van der Waals surface area contributed by atoms with Crippen LogP contribution in [0.3, 0.4) is 0 Å². The Balaban J connectivity index is 1.16. The molecule has 55 heavy (non-hydrogen) atoms. The van der Waals surface area contributed by atoms with E-state index in [-0.39, 0.29) is 0 Å². The highest BCUT2D eigenvalue weighted by molar-refractivity contribution is 7.99. The highest BCUT2D eigenvalue weighted by Crippen LogP contribution is 2.63. The zero-order valence-corrected chi connectivity index (χ0v) is 30.9. The summed E-state index contributed by atoms with van der Waals surface area (Å²) in [4.78, 5) is 5.04. The molecule has 0 aromatic heterocycles. The molecule has 258 valence electrons. The first-order valence-corrected chi connectivity index (χ1v) is 19.7. The zero-order valence-electron chi connectivity index (χ0n) is 30.1. The van der Waals surface area contributed by atoms with Crippen LogP contribution in [0.2, 0.25) is 0 Å². The Morgan fingerprint density at radius 2 is 0.745 bits per heavy atom. The van der Waals surface area contributed by atoms with E-state index in [1.165, 1.54) is 76.2 Å². The van der Waals surface area contributed by atoms with Crippen LogP contribution >= 0.6 is 11.8 Å². The minimum atomic E-state index is -0.483. The van der Waals surface area contributed by atoms with Crippen LogP contribution in [0, 0.1) is 0 Å². The summed E-state index contributed by atoms with van der Waals surface area (Å²) in [5.41, 5.74) is 15.7. The third-order valence-electron chi connectivity index (χ3n) is 11.5. The van der Waals surface area contributed by atoms with Crippen LogP contribution in [-0.2, 0) is 5.41 Å². The van der Waals surface area contributed by atoms with Crippen LogP contribution in [0.15, 0.2) is 222 Å². The molecule has 0 atom stereocenters. The quantitative estimate of drug-likeness (QED) is 0.174. The molecule has 0 fully saturated rings. The van der Waals surface area contributed by atoms with Gasteiger partial charge in [-0.3, -0.25) is 0 Å². The molecular weight excluding hydrogens is 683 g/mol. The maximum atomic E-state index is 2.49. The first-order chi connectivity index (χ1) is 27.3. The Morgan fingerprint density at radius 1 is 0.309 bits per heavy atom. The third-order valence-corrected chi connectivity index (χ3v) is 12.7. The fourth-order valence-corrected chi connectivity index (χ4v) is 10.2. The topological polar surface area (TPSA) is 3.24 Å². The summed E-state index contributed by atoms with van der Waals surface area (Å²) >= 11 is 1.89. The lowest BCUT2D eigenvalue weighted by Crippen LogP contribution is -2.32. The Bertz CT molecular complexity index is 2750. The second kappa shape index (κ2) is 12.8. The summed E-state index contributed by atoms with van der Waals surface area (Å²) in [5, 5.41) is 2.53. The number of nitrogens with zero attached hydrogens (tertiary/aromatic N) is 1. The molecule has 2 heteroatoms. The molecule has 11 rings (SSSR count). The van der Waals surface area contributed by atoms with E-state index in [1.54, 1.807) is 0 Å². The van der Waals surface area contributed by atoms with Gasteiger partial charge in [0.25, 0.3) is 0 Å². The van der Waals surface area contributed by atoms with Crippen molar-refractivity contribution in [3.05, 3.63) is 235 Å². The Hall–Kier alpha value is -6.61. The number of hydrogen-bond acceptors (Lipinski definition) is 2. The minimum absolute atomic E-state index is 0.483. The van der Waals surface area contributed by atoms with Crippen LogP contribution in [0.4, 0.5) is 17.1 Å². The number of benzene rings is 9. The van der Waals surface area contributed by atoms with Gasteiger partial charge in [0.15, 0.2) is 0 Å². The SMILES string of the molecule is c1ccc(-c2ccc(N(c3ccc(-c4ccccc4)cc3)c3ccc4c(c3)C3(c5ccccc5Sc5ccccc53)c3cc5ccccc5cc3-4)cc2)cc1. The van der Waals surface area contributed by atoms with E-state index < -0.39 is 5.41 Å². The average Bonchev–Trinajstić information content (AvgIpc) is 3.53. The average molecular weight is 718 g/mol. The van der Waals surface area contributed by atoms with Crippen molar-refractivity contribution in [2.24, 2.45) is 0 Å². The Kier molecular flexibility index (Phi) is 7.40. The molecule has 0 saturated carbocycles. The number of anilines is 3. The van der Waals surface area contributed by atoms with Crippen molar-refractivity contribution < 1.29 is 0 Å². The third kappa shape index (κ3) is 5.03. The zero-order chi connectivity index (χ0) is 36.3. The summed E-state index contributed by atoms with van der Waals surface area (Å²) < 4.78 is 0. The number of rotatable bonds is 5. The van der Waals surface area contributed by atoms with Gasteiger partial charge in [0.05, 0.1) is 5.41 Å². The maximum absolute atomic E-state index is 2.49. The number of fused-ring (bicyclic) bond motifs is 10. The lowest BCUT2D eigenvalue weighted by atomic mass is 9.67. The van der Waals surface area contributed by atoms with Gasteiger partial charge >= 0.3 is 0 Å². The molecule has 1 aliphatic heterocycles. The second-order valence-electron chi connectivity index (χ2n) is 14.5. The van der Waals surface area contributed by atoms with E-state index in [2.05, 4.69) is 217 Å². The molecule has 9 aromatic rings.